The van der Waals surface area contributed by atoms with E-state index in [9.17, 15) is 19.2 Å². The van der Waals surface area contributed by atoms with Crippen LogP contribution in [0.5, 0.6) is 0 Å². The van der Waals surface area contributed by atoms with Gasteiger partial charge in [0.25, 0.3) is 0 Å². The fourth-order valence-corrected chi connectivity index (χ4v) is 9.91. The summed E-state index contributed by atoms with van der Waals surface area (Å²) in [5.41, 5.74) is 1.12. The van der Waals surface area contributed by atoms with E-state index in [1.165, 1.54) is 4.90 Å². The third-order valence-electron chi connectivity index (χ3n) is 13.2. The summed E-state index contributed by atoms with van der Waals surface area (Å²) in [7, 11) is -0.627. The van der Waals surface area contributed by atoms with Crippen LogP contribution >= 0.6 is 0 Å². The quantitative estimate of drug-likeness (QED) is 0.317. The third kappa shape index (κ3) is 7.46. The Morgan fingerprint density at radius 1 is 1.04 bits per heavy atom. The summed E-state index contributed by atoms with van der Waals surface area (Å²) in [4.78, 5) is 58.7. The van der Waals surface area contributed by atoms with E-state index in [4.69, 9.17) is 23.5 Å². The zero-order valence-corrected chi connectivity index (χ0v) is 33.1. The minimum atomic E-state index is -1.03. The number of nitrogens with zero attached hydrogens (tertiary/aromatic N) is 2. The van der Waals surface area contributed by atoms with E-state index < -0.39 is 60.4 Å². The molecule has 7 aliphatic rings. The Bertz CT molecular complexity index is 1570. The lowest BCUT2D eigenvalue weighted by molar-refractivity contribution is -0.199. The number of amides is 4. The van der Waals surface area contributed by atoms with Crippen molar-refractivity contribution in [3.05, 3.63) is 35.4 Å². The maximum absolute atomic E-state index is 14.6. The highest BCUT2D eigenvalue weighted by molar-refractivity contribution is 6.48. The average Bonchev–Trinajstić information content (AvgIpc) is 3.93. The molecular formula is C40H59BN4O9. The molecule has 4 aliphatic heterocycles. The number of benzene rings is 1. The highest BCUT2D eigenvalue weighted by atomic mass is 16.7. The fraction of sp³-hybridized carbons (Fsp3) is 0.750. The third-order valence-corrected chi connectivity index (χ3v) is 13.2. The normalized spacial score (nSPS) is 31.9. The number of likely N-dealkylation sites (tertiary alicyclic amines) is 1. The van der Waals surface area contributed by atoms with Crippen LogP contribution < -0.4 is 10.6 Å². The Balaban J connectivity index is 1.07. The Morgan fingerprint density at radius 2 is 1.76 bits per heavy atom. The number of alkyl carbamates (subject to hydrolysis) is 1. The molecule has 0 spiro atoms. The van der Waals surface area contributed by atoms with Gasteiger partial charge in [-0.25, -0.2) is 9.59 Å². The minimum Gasteiger partial charge on any atom is -0.447 e. The van der Waals surface area contributed by atoms with Crippen LogP contribution in [0.15, 0.2) is 24.3 Å². The predicted octanol–water partition coefficient (Wildman–Crippen LogP) is 4.98. The molecule has 0 unspecified atom stereocenters. The van der Waals surface area contributed by atoms with E-state index in [1.54, 1.807) is 4.90 Å². The number of ether oxygens (including phenoxy) is 3. The second-order valence-corrected chi connectivity index (χ2v) is 18.3. The van der Waals surface area contributed by atoms with E-state index in [-0.39, 0.29) is 43.1 Å². The zero-order valence-electron chi connectivity index (χ0n) is 33.1. The van der Waals surface area contributed by atoms with E-state index >= 15 is 0 Å². The maximum Gasteiger partial charge on any atom is 0.481 e. The van der Waals surface area contributed by atoms with E-state index in [2.05, 4.69) is 38.3 Å². The van der Waals surface area contributed by atoms with Gasteiger partial charge in [-0.05, 0) is 72.8 Å². The summed E-state index contributed by atoms with van der Waals surface area (Å²) >= 11 is 0. The van der Waals surface area contributed by atoms with Gasteiger partial charge in [0.2, 0.25) is 11.8 Å². The molecular weight excluding hydrogens is 691 g/mol. The fourth-order valence-electron chi connectivity index (χ4n) is 9.91. The highest BCUT2D eigenvalue weighted by Crippen LogP contribution is 2.65. The summed E-state index contributed by atoms with van der Waals surface area (Å²) in [5.74, 6) is -0.314. The molecule has 2 N–H and O–H groups in total. The number of hydrogen-bond acceptors (Lipinski definition) is 9. The molecule has 296 valence electrons. The topological polar surface area (TPSA) is 145 Å². The molecule has 0 aromatic heterocycles. The molecule has 1 aromatic carbocycles. The smallest absolute Gasteiger partial charge is 0.447 e. The van der Waals surface area contributed by atoms with Crippen molar-refractivity contribution in [3.63, 3.8) is 0 Å². The van der Waals surface area contributed by atoms with Crippen molar-refractivity contribution >= 4 is 31.1 Å². The molecule has 3 aliphatic carbocycles. The second-order valence-electron chi connectivity index (χ2n) is 18.3. The van der Waals surface area contributed by atoms with Crippen molar-refractivity contribution in [2.75, 3.05) is 19.8 Å². The summed E-state index contributed by atoms with van der Waals surface area (Å²) < 4.78 is 30.5. The molecule has 4 heterocycles. The van der Waals surface area contributed by atoms with Crippen molar-refractivity contribution in [3.8, 4) is 0 Å². The van der Waals surface area contributed by atoms with E-state index in [1.807, 2.05) is 45.0 Å². The van der Waals surface area contributed by atoms with Crippen LogP contribution in [0.2, 0.25) is 0 Å². The van der Waals surface area contributed by atoms with E-state index in [0.717, 1.165) is 43.2 Å². The maximum atomic E-state index is 14.6. The first-order valence-electron chi connectivity index (χ1n) is 20.1. The summed E-state index contributed by atoms with van der Waals surface area (Å²) in [6.07, 6.45) is 3.08. The molecule has 1 aromatic rings. The first-order chi connectivity index (χ1) is 25.6. The lowest BCUT2D eigenvalue weighted by Crippen LogP contribution is -2.65. The Labute approximate surface area is 320 Å². The SMILES string of the molecule is CCC[C@H](NC(=O)[C@@H]1C[C@@H](OC(=O)N2Cc3ccccc3C2)CN1C(=O)[C@@H](NC(=O)OC[C@H]1CCCO1)C(C)(C)C)B1O[C@@H]2C[C@H]3C[C@H](C3(C)C)[C@]2(C)O1. The minimum absolute atomic E-state index is 0.00413. The van der Waals surface area contributed by atoms with Crippen LogP contribution in [0.25, 0.3) is 0 Å². The van der Waals surface area contributed by atoms with Gasteiger partial charge in [-0.1, -0.05) is 72.2 Å². The molecule has 4 amide bonds. The molecule has 3 saturated heterocycles. The van der Waals surface area contributed by atoms with Crippen molar-refractivity contribution in [1.29, 1.82) is 0 Å². The molecule has 8 rings (SSSR count). The molecule has 54 heavy (non-hydrogen) atoms. The van der Waals surface area contributed by atoms with Crippen LogP contribution in [0, 0.1) is 22.7 Å². The van der Waals surface area contributed by atoms with Gasteiger partial charge < -0.3 is 39.1 Å². The largest absolute Gasteiger partial charge is 0.481 e. The molecule has 2 bridgehead atoms. The first kappa shape index (κ1) is 38.9. The molecule has 3 saturated carbocycles. The number of hydrogen-bond donors (Lipinski definition) is 2. The first-order valence-corrected chi connectivity index (χ1v) is 20.1. The Morgan fingerprint density at radius 3 is 2.39 bits per heavy atom. The number of fused-ring (bicyclic) bond motifs is 1. The Kier molecular flexibility index (Phi) is 10.8. The van der Waals surface area contributed by atoms with Gasteiger partial charge in [-0.15, -0.1) is 0 Å². The van der Waals surface area contributed by atoms with Crippen LogP contribution in [-0.4, -0.2) is 103 Å². The molecule has 9 atom stereocenters. The number of nitrogens with one attached hydrogen (secondary N) is 2. The van der Waals surface area contributed by atoms with Crippen LogP contribution in [-0.2, 0) is 46.2 Å². The Hall–Kier alpha value is -3.36. The van der Waals surface area contributed by atoms with E-state index in [0.29, 0.717) is 38.0 Å². The lowest BCUT2D eigenvalue weighted by atomic mass is 9.43. The molecule has 6 fully saturated rings. The number of rotatable bonds is 10. The predicted molar refractivity (Wildman–Crippen MR) is 200 cm³/mol. The zero-order chi connectivity index (χ0) is 38.6. The second kappa shape index (κ2) is 15.0. The van der Waals surface area contributed by atoms with Crippen molar-refractivity contribution in [1.82, 2.24) is 20.4 Å². The van der Waals surface area contributed by atoms with Gasteiger partial charge in [-0.2, -0.15) is 0 Å². The highest BCUT2D eigenvalue weighted by Gasteiger charge is 2.68. The van der Waals surface area contributed by atoms with Gasteiger partial charge in [0.1, 0.15) is 24.8 Å². The van der Waals surface area contributed by atoms with Gasteiger partial charge in [-0.3, -0.25) is 14.5 Å². The lowest BCUT2D eigenvalue weighted by Gasteiger charge is -2.64. The number of carbonyl (C=O) groups is 4. The van der Waals surface area contributed by atoms with Crippen LogP contribution in [0.4, 0.5) is 9.59 Å². The van der Waals surface area contributed by atoms with Gasteiger partial charge >= 0.3 is 19.3 Å². The molecule has 0 radical (unpaired) electrons. The monoisotopic (exact) mass is 750 g/mol. The standard InChI is InChI=1S/C40H59BN4O9/c1-8-12-32(41-53-31-18-26-17-30(39(26,5)6)40(31,7)54-41)42-34(46)29-19-28(52-37(49)44-20-24-13-9-10-14-25(24)21-44)22-45(29)35(47)33(38(2,3)4)43-36(48)51-23-27-15-11-16-50-27/h9-10,13-14,26-33H,8,11-12,15-23H2,1-7H3,(H,42,46)(H,43,48)/t26-,27-,28-,29+,30-,31-,32+,33-,40+/m1/s1. The van der Waals surface area contributed by atoms with Crippen molar-refractivity contribution < 1.29 is 42.7 Å². The van der Waals surface area contributed by atoms with Crippen LogP contribution in [0.3, 0.4) is 0 Å². The summed E-state index contributed by atoms with van der Waals surface area (Å²) in [5, 5.41) is 6.00. The number of carbonyl (C=O) groups excluding carboxylic acids is 4. The van der Waals surface area contributed by atoms with Crippen LogP contribution in [0.1, 0.15) is 105 Å². The average molecular weight is 751 g/mol. The van der Waals surface area contributed by atoms with Crippen molar-refractivity contribution in [2.45, 2.75) is 148 Å². The van der Waals surface area contributed by atoms with Gasteiger partial charge in [0.15, 0.2) is 0 Å². The summed E-state index contributed by atoms with van der Waals surface area (Å²) in [6.45, 7) is 16.0. The van der Waals surface area contributed by atoms with Gasteiger partial charge in [0, 0.05) is 26.1 Å². The van der Waals surface area contributed by atoms with Gasteiger partial charge in [0.05, 0.1) is 30.3 Å². The summed E-state index contributed by atoms with van der Waals surface area (Å²) in [6, 6.07) is 5.88. The van der Waals surface area contributed by atoms with Crippen molar-refractivity contribution in [2.24, 2.45) is 22.7 Å². The molecule has 14 heteroatoms. The molecule has 13 nitrogen and oxygen atoms in total.